The number of methoxy groups -OCH3 is 1. The van der Waals surface area contributed by atoms with Gasteiger partial charge in [0.1, 0.15) is 12.1 Å². The highest BCUT2D eigenvalue weighted by Crippen LogP contribution is 2.33. The molecule has 3 rings (SSSR count). The number of amides is 1. The summed E-state index contributed by atoms with van der Waals surface area (Å²) < 4.78 is 10.9. The van der Waals surface area contributed by atoms with Crippen molar-refractivity contribution in [1.82, 2.24) is 20.2 Å². The van der Waals surface area contributed by atoms with E-state index in [1.807, 2.05) is 6.07 Å². The lowest BCUT2D eigenvalue weighted by atomic mass is 9.85. The molecule has 24 heavy (non-hydrogen) atoms. The largest absolute Gasteiger partial charge is 0.481 e. The number of aromatic nitrogens is 2. The van der Waals surface area contributed by atoms with Crippen molar-refractivity contribution in [2.24, 2.45) is 0 Å². The number of carbonyl (C=O) groups excluding carboxylic acids is 1. The first kappa shape index (κ1) is 16.9. The van der Waals surface area contributed by atoms with E-state index >= 15 is 0 Å². The van der Waals surface area contributed by atoms with Crippen molar-refractivity contribution in [2.75, 3.05) is 58.5 Å². The summed E-state index contributed by atoms with van der Waals surface area (Å²) in [6.07, 6.45) is 3.41. The molecule has 2 fully saturated rings. The van der Waals surface area contributed by atoms with Gasteiger partial charge in [-0.3, -0.25) is 9.69 Å². The molecule has 0 bridgehead atoms. The number of nitrogens with zero attached hydrogens (tertiary/aromatic N) is 4. The zero-order chi connectivity index (χ0) is 17.0. The van der Waals surface area contributed by atoms with Gasteiger partial charge >= 0.3 is 0 Å². The Labute approximate surface area is 142 Å². The Hall–Kier alpha value is -1.93. The summed E-state index contributed by atoms with van der Waals surface area (Å²) in [6, 6.07) is 1.86. The molecule has 0 atom stereocenters. The van der Waals surface area contributed by atoms with Crippen molar-refractivity contribution >= 4 is 11.7 Å². The molecule has 1 aromatic heterocycles. The Balaban J connectivity index is 1.68. The van der Waals surface area contributed by atoms with Crippen LogP contribution in [0.4, 0.5) is 5.82 Å². The Bertz CT molecular complexity index is 575. The van der Waals surface area contributed by atoms with Gasteiger partial charge in [0.15, 0.2) is 0 Å². The van der Waals surface area contributed by atoms with Gasteiger partial charge in [-0.25, -0.2) is 9.97 Å². The molecule has 0 aliphatic carbocycles. The van der Waals surface area contributed by atoms with Crippen LogP contribution < -0.4 is 15.0 Å². The highest BCUT2D eigenvalue weighted by Gasteiger charge is 2.43. The van der Waals surface area contributed by atoms with Gasteiger partial charge in [0, 0.05) is 38.3 Å². The van der Waals surface area contributed by atoms with Crippen molar-refractivity contribution in [3.8, 4) is 5.88 Å². The number of hydrogen-bond acceptors (Lipinski definition) is 7. The number of rotatable bonds is 4. The SMILES string of the molecule is CNC(=O)CN1CCOCC12CCN(c1cc(OC)ncn1)CC2. The van der Waals surface area contributed by atoms with Crippen LogP contribution in [0.5, 0.6) is 5.88 Å². The van der Waals surface area contributed by atoms with Crippen molar-refractivity contribution < 1.29 is 14.3 Å². The van der Waals surface area contributed by atoms with Crippen molar-refractivity contribution in [3.05, 3.63) is 12.4 Å². The molecule has 0 aromatic carbocycles. The highest BCUT2D eigenvalue weighted by atomic mass is 16.5. The standard InChI is InChI=1S/C16H25N5O3/c1-17-14(22)10-21-7-8-24-11-16(21)3-5-20(6-4-16)13-9-15(23-2)19-12-18-13/h9,12H,3-8,10-11H2,1-2H3,(H,17,22). The van der Waals surface area contributed by atoms with E-state index in [-0.39, 0.29) is 11.4 Å². The van der Waals surface area contributed by atoms with Gasteiger partial charge in [0.2, 0.25) is 11.8 Å². The summed E-state index contributed by atoms with van der Waals surface area (Å²) in [5.74, 6) is 1.51. The predicted molar refractivity (Wildman–Crippen MR) is 89.2 cm³/mol. The quantitative estimate of drug-likeness (QED) is 0.823. The number of carbonyl (C=O) groups is 1. The second-order valence-corrected chi connectivity index (χ2v) is 6.28. The summed E-state index contributed by atoms with van der Waals surface area (Å²) in [7, 11) is 3.29. The molecule has 132 valence electrons. The van der Waals surface area contributed by atoms with Gasteiger partial charge < -0.3 is 19.7 Å². The van der Waals surface area contributed by atoms with Gasteiger partial charge in [0.25, 0.3) is 0 Å². The fourth-order valence-corrected chi connectivity index (χ4v) is 3.49. The van der Waals surface area contributed by atoms with Crippen LogP contribution >= 0.6 is 0 Å². The molecule has 1 amide bonds. The Morgan fingerprint density at radius 2 is 2.17 bits per heavy atom. The number of ether oxygens (including phenoxy) is 2. The molecule has 8 nitrogen and oxygen atoms in total. The number of piperidine rings is 1. The first-order valence-corrected chi connectivity index (χ1v) is 8.31. The maximum atomic E-state index is 11.8. The third kappa shape index (κ3) is 3.44. The minimum atomic E-state index is -0.0572. The lowest BCUT2D eigenvalue weighted by molar-refractivity contribution is -0.129. The number of morpholine rings is 1. The monoisotopic (exact) mass is 335 g/mol. The van der Waals surface area contributed by atoms with Crippen LogP contribution in [0.2, 0.25) is 0 Å². The van der Waals surface area contributed by atoms with Crippen LogP contribution in [0.15, 0.2) is 12.4 Å². The normalized spacial score (nSPS) is 20.8. The zero-order valence-electron chi connectivity index (χ0n) is 14.3. The fourth-order valence-electron chi connectivity index (χ4n) is 3.49. The maximum absolute atomic E-state index is 11.8. The van der Waals surface area contributed by atoms with Crippen molar-refractivity contribution in [2.45, 2.75) is 18.4 Å². The molecular weight excluding hydrogens is 310 g/mol. The number of nitrogens with one attached hydrogen (secondary N) is 1. The van der Waals surface area contributed by atoms with Crippen LogP contribution in [-0.2, 0) is 9.53 Å². The Morgan fingerprint density at radius 3 is 2.88 bits per heavy atom. The predicted octanol–water partition coefficient (Wildman–Crippen LogP) is -0.0976. The molecule has 1 N–H and O–H groups in total. The van der Waals surface area contributed by atoms with E-state index in [1.165, 1.54) is 6.33 Å². The van der Waals surface area contributed by atoms with Gasteiger partial charge in [-0.2, -0.15) is 0 Å². The maximum Gasteiger partial charge on any atom is 0.233 e. The Kier molecular flexibility index (Phi) is 5.15. The number of anilines is 1. The molecule has 2 aliphatic rings. The van der Waals surface area contributed by atoms with Gasteiger partial charge in [-0.05, 0) is 12.8 Å². The van der Waals surface area contributed by atoms with E-state index < -0.39 is 0 Å². The zero-order valence-corrected chi connectivity index (χ0v) is 14.3. The van der Waals surface area contributed by atoms with Gasteiger partial charge in [0.05, 0.1) is 26.9 Å². The van der Waals surface area contributed by atoms with E-state index in [9.17, 15) is 4.79 Å². The van der Waals surface area contributed by atoms with E-state index in [4.69, 9.17) is 9.47 Å². The van der Waals surface area contributed by atoms with Crippen LogP contribution in [0.3, 0.4) is 0 Å². The van der Waals surface area contributed by atoms with Crippen molar-refractivity contribution in [1.29, 1.82) is 0 Å². The summed E-state index contributed by atoms with van der Waals surface area (Å²) in [5.41, 5.74) is -0.0572. The number of likely N-dealkylation sites (N-methyl/N-ethyl adjacent to an activating group) is 1. The minimum Gasteiger partial charge on any atom is -0.481 e. The lowest BCUT2D eigenvalue weighted by Gasteiger charge is -2.51. The smallest absolute Gasteiger partial charge is 0.233 e. The molecule has 0 saturated carbocycles. The number of hydrogen-bond donors (Lipinski definition) is 1. The molecule has 2 aliphatic heterocycles. The molecular formula is C16H25N5O3. The summed E-state index contributed by atoms with van der Waals surface area (Å²) in [4.78, 5) is 24.8. The second-order valence-electron chi connectivity index (χ2n) is 6.28. The molecule has 2 saturated heterocycles. The van der Waals surface area contributed by atoms with Crippen LogP contribution in [-0.4, -0.2) is 79.9 Å². The highest BCUT2D eigenvalue weighted by molar-refractivity contribution is 5.77. The Morgan fingerprint density at radius 1 is 1.38 bits per heavy atom. The van der Waals surface area contributed by atoms with E-state index in [0.29, 0.717) is 25.6 Å². The third-order valence-electron chi connectivity index (χ3n) is 5.02. The fraction of sp³-hybridized carbons (Fsp3) is 0.688. The minimum absolute atomic E-state index is 0.0549. The summed E-state index contributed by atoms with van der Waals surface area (Å²) in [5, 5.41) is 2.72. The lowest BCUT2D eigenvalue weighted by Crippen LogP contribution is -2.63. The molecule has 8 heteroatoms. The van der Waals surface area contributed by atoms with E-state index in [0.717, 1.165) is 38.3 Å². The molecule has 0 radical (unpaired) electrons. The molecule has 0 unspecified atom stereocenters. The third-order valence-corrected chi connectivity index (χ3v) is 5.02. The first-order valence-electron chi connectivity index (χ1n) is 8.31. The molecule has 1 aromatic rings. The molecule has 1 spiro atoms. The first-order chi connectivity index (χ1) is 11.7. The average molecular weight is 335 g/mol. The van der Waals surface area contributed by atoms with Gasteiger partial charge in [-0.1, -0.05) is 0 Å². The van der Waals surface area contributed by atoms with Crippen molar-refractivity contribution in [3.63, 3.8) is 0 Å². The summed E-state index contributed by atoms with van der Waals surface area (Å²) in [6.45, 7) is 4.34. The van der Waals surface area contributed by atoms with Gasteiger partial charge in [-0.15, -0.1) is 0 Å². The second kappa shape index (κ2) is 7.31. The average Bonchev–Trinajstić information content (AvgIpc) is 2.64. The van der Waals surface area contributed by atoms with E-state index in [2.05, 4.69) is 25.1 Å². The van der Waals surface area contributed by atoms with Crippen LogP contribution in [0, 0.1) is 0 Å². The van der Waals surface area contributed by atoms with Crippen LogP contribution in [0.1, 0.15) is 12.8 Å². The molecule has 3 heterocycles. The topological polar surface area (TPSA) is 79.8 Å². The summed E-state index contributed by atoms with van der Waals surface area (Å²) >= 11 is 0. The van der Waals surface area contributed by atoms with E-state index in [1.54, 1.807) is 14.2 Å². The van der Waals surface area contributed by atoms with Crippen LogP contribution in [0.25, 0.3) is 0 Å².